The van der Waals surface area contributed by atoms with Crippen LogP contribution in [-0.2, 0) is 9.53 Å². The summed E-state index contributed by atoms with van der Waals surface area (Å²) in [5.74, 6) is 1.08. The summed E-state index contributed by atoms with van der Waals surface area (Å²) in [6.45, 7) is 6.85. The van der Waals surface area contributed by atoms with Crippen LogP contribution in [0.4, 0.5) is 4.79 Å². The van der Waals surface area contributed by atoms with Gasteiger partial charge in [-0.3, -0.25) is 4.79 Å². The maximum absolute atomic E-state index is 12.9. The molecule has 0 bridgehead atoms. The highest BCUT2D eigenvalue weighted by molar-refractivity contribution is 5.81. The van der Waals surface area contributed by atoms with Crippen molar-refractivity contribution in [3.63, 3.8) is 0 Å². The smallest absolute Gasteiger partial charge is 0.410 e. The van der Waals surface area contributed by atoms with Gasteiger partial charge in [0.15, 0.2) is 11.5 Å². The Balaban J connectivity index is 1.61. The second-order valence-electron chi connectivity index (χ2n) is 8.41. The van der Waals surface area contributed by atoms with E-state index in [9.17, 15) is 9.59 Å². The lowest BCUT2D eigenvalue weighted by atomic mass is 10.0. The maximum atomic E-state index is 12.9. The van der Waals surface area contributed by atoms with E-state index in [1.165, 1.54) is 0 Å². The topological polar surface area (TPSA) is 68.3 Å². The number of fused-ring (bicyclic) bond motifs is 1. The van der Waals surface area contributed by atoms with E-state index >= 15 is 0 Å². The van der Waals surface area contributed by atoms with E-state index in [-0.39, 0.29) is 24.6 Å². The van der Waals surface area contributed by atoms with Gasteiger partial charge in [-0.1, -0.05) is 12.1 Å². The SMILES string of the molecule is CN(C[C@@H]1CCCCN1C(=O)OC(C)(C)C)C(=O)[C@@H]1COc2ccccc2O1. The van der Waals surface area contributed by atoms with E-state index < -0.39 is 11.7 Å². The van der Waals surface area contributed by atoms with Gasteiger partial charge in [0.1, 0.15) is 12.2 Å². The number of carbonyl (C=O) groups is 2. The first kappa shape index (κ1) is 20.3. The number of ether oxygens (including phenoxy) is 3. The molecule has 0 aliphatic carbocycles. The number of carbonyl (C=O) groups excluding carboxylic acids is 2. The Labute approximate surface area is 166 Å². The van der Waals surface area contributed by atoms with Crippen LogP contribution >= 0.6 is 0 Å². The number of rotatable bonds is 3. The third-order valence-corrected chi connectivity index (χ3v) is 4.90. The molecule has 154 valence electrons. The average Bonchev–Trinajstić information content (AvgIpc) is 2.66. The number of amides is 2. The van der Waals surface area contributed by atoms with Gasteiger partial charge >= 0.3 is 6.09 Å². The zero-order chi connectivity index (χ0) is 20.3. The predicted molar refractivity (Wildman–Crippen MR) is 105 cm³/mol. The molecule has 2 aliphatic rings. The molecule has 28 heavy (non-hydrogen) atoms. The quantitative estimate of drug-likeness (QED) is 0.793. The lowest BCUT2D eigenvalue weighted by Crippen LogP contribution is -2.53. The molecule has 7 heteroatoms. The minimum Gasteiger partial charge on any atom is -0.485 e. The van der Waals surface area contributed by atoms with Crippen molar-refractivity contribution in [2.75, 3.05) is 26.7 Å². The van der Waals surface area contributed by atoms with Crippen LogP contribution in [0.5, 0.6) is 11.5 Å². The Morgan fingerprint density at radius 2 is 1.93 bits per heavy atom. The van der Waals surface area contributed by atoms with Crippen LogP contribution < -0.4 is 9.47 Å². The zero-order valence-electron chi connectivity index (χ0n) is 17.1. The summed E-state index contributed by atoms with van der Waals surface area (Å²) in [5.41, 5.74) is -0.540. The molecule has 1 fully saturated rings. The van der Waals surface area contributed by atoms with Crippen molar-refractivity contribution in [1.82, 2.24) is 9.80 Å². The Hall–Kier alpha value is -2.44. The summed E-state index contributed by atoms with van der Waals surface area (Å²) in [4.78, 5) is 28.8. The van der Waals surface area contributed by atoms with Gasteiger partial charge in [0.05, 0.1) is 6.04 Å². The number of nitrogens with zero attached hydrogens (tertiary/aromatic N) is 2. The molecule has 2 heterocycles. The summed E-state index contributed by atoms with van der Waals surface area (Å²) in [5, 5.41) is 0. The molecule has 0 aromatic heterocycles. The van der Waals surface area contributed by atoms with Crippen molar-refractivity contribution >= 4 is 12.0 Å². The fourth-order valence-corrected chi connectivity index (χ4v) is 3.54. The molecular formula is C21H30N2O5. The van der Waals surface area contributed by atoms with Crippen LogP contribution in [0.15, 0.2) is 24.3 Å². The molecule has 0 spiro atoms. The molecule has 1 saturated heterocycles. The fourth-order valence-electron chi connectivity index (χ4n) is 3.54. The highest BCUT2D eigenvalue weighted by atomic mass is 16.6. The molecule has 2 aliphatic heterocycles. The first-order chi connectivity index (χ1) is 13.2. The van der Waals surface area contributed by atoms with Crippen LogP contribution in [0, 0.1) is 0 Å². The van der Waals surface area contributed by atoms with Gasteiger partial charge in [0.25, 0.3) is 5.91 Å². The number of para-hydroxylation sites is 2. The number of likely N-dealkylation sites (N-methyl/N-ethyl adjacent to an activating group) is 1. The molecule has 3 rings (SSSR count). The summed E-state index contributed by atoms with van der Waals surface area (Å²) < 4.78 is 17.0. The Bertz CT molecular complexity index is 715. The van der Waals surface area contributed by atoms with Gasteiger partial charge in [-0.2, -0.15) is 0 Å². The van der Waals surface area contributed by atoms with Gasteiger partial charge in [-0.25, -0.2) is 4.79 Å². The van der Waals surface area contributed by atoms with Gasteiger partial charge in [-0.05, 0) is 52.2 Å². The molecule has 0 unspecified atom stereocenters. The van der Waals surface area contributed by atoms with E-state index in [0.29, 0.717) is 24.6 Å². The predicted octanol–water partition coefficient (Wildman–Crippen LogP) is 3.07. The van der Waals surface area contributed by atoms with Crippen molar-refractivity contribution in [3.05, 3.63) is 24.3 Å². The van der Waals surface area contributed by atoms with Crippen LogP contribution in [0.2, 0.25) is 0 Å². The monoisotopic (exact) mass is 390 g/mol. The molecular weight excluding hydrogens is 360 g/mol. The van der Waals surface area contributed by atoms with E-state index in [1.807, 2.05) is 39.0 Å². The summed E-state index contributed by atoms with van der Waals surface area (Å²) >= 11 is 0. The number of benzene rings is 1. The second kappa shape index (κ2) is 8.29. The summed E-state index contributed by atoms with van der Waals surface area (Å²) in [6.07, 6.45) is 1.83. The number of piperidine rings is 1. The highest BCUT2D eigenvalue weighted by Gasteiger charge is 2.34. The molecule has 2 atom stereocenters. The Morgan fingerprint density at radius 3 is 2.64 bits per heavy atom. The Kier molecular flexibility index (Phi) is 6.01. The number of likely N-dealkylation sites (tertiary alicyclic amines) is 1. The minimum atomic E-state index is -0.682. The van der Waals surface area contributed by atoms with E-state index in [0.717, 1.165) is 19.3 Å². The maximum Gasteiger partial charge on any atom is 0.410 e. The van der Waals surface area contributed by atoms with Crippen molar-refractivity contribution in [2.45, 2.75) is 57.8 Å². The van der Waals surface area contributed by atoms with Gasteiger partial charge in [0.2, 0.25) is 6.10 Å². The third-order valence-electron chi connectivity index (χ3n) is 4.90. The summed E-state index contributed by atoms with van der Waals surface area (Å²) in [6, 6.07) is 7.26. The highest BCUT2D eigenvalue weighted by Crippen LogP contribution is 2.31. The first-order valence-corrected chi connectivity index (χ1v) is 9.87. The van der Waals surface area contributed by atoms with Crippen LogP contribution in [0.3, 0.4) is 0 Å². The van der Waals surface area contributed by atoms with Crippen molar-refractivity contribution in [2.24, 2.45) is 0 Å². The van der Waals surface area contributed by atoms with Crippen LogP contribution in [0.1, 0.15) is 40.0 Å². The van der Waals surface area contributed by atoms with Crippen molar-refractivity contribution < 1.29 is 23.8 Å². The standard InChI is InChI=1S/C21H30N2O5/c1-21(2,3)28-20(25)23-12-8-7-9-15(23)13-22(4)19(24)18-14-26-16-10-5-6-11-17(16)27-18/h5-6,10-11,15,18H,7-9,12-14H2,1-4H3/t15-,18-/m0/s1. The molecule has 7 nitrogen and oxygen atoms in total. The average molecular weight is 390 g/mol. The molecule has 0 radical (unpaired) electrons. The van der Waals surface area contributed by atoms with E-state index in [2.05, 4.69) is 0 Å². The van der Waals surface area contributed by atoms with Gasteiger partial charge in [-0.15, -0.1) is 0 Å². The normalized spacial score (nSPS) is 21.8. The largest absolute Gasteiger partial charge is 0.485 e. The Morgan fingerprint density at radius 1 is 1.21 bits per heavy atom. The lowest BCUT2D eigenvalue weighted by Gasteiger charge is -2.39. The molecule has 1 aromatic carbocycles. The molecule has 1 aromatic rings. The zero-order valence-corrected chi connectivity index (χ0v) is 17.1. The second-order valence-corrected chi connectivity index (χ2v) is 8.41. The van der Waals surface area contributed by atoms with Crippen molar-refractivity contribution in [3.8, 4) is 11.5 Å². The number of hydrogen-bond donors (Lipinski definition) is 0. The van der Waals surface area contributed by atoms with E-state index in [4.69, 9.17) is 14.2 Å². The van der Waals surface area contributed by atoms with Crippen molar-refractivity contribution in [1.29, 1.82) is 0 Å². The molecule has 0 saturated carbocycles. The lowest BCUT2D eigenvalue weighted by molar-refractivity contribution is -0.140. The summed E-state index contributed by atoms with van der Waals surface area (Å²) in [7, 11) is 1.74. The first-order valence-electron chi connectivity index (χ1n) is 9.87. The van der Waals surface area contributed by atoms with Gasteiger partial charge < -0.3 is 24.0 Å². The fraction of sp³-hybridized carbons (Fsp3) is 0.619. The van der Waals surface area contributed by atoms with E-state index in [1.54, 1.807) is 22.9 Å². The third kappa shape index (κ3) is 4.88. The molecule has 0 N–H and O–H groups in total. The molecule has 2 amide bonds. The van der Waals surface area contributed by atoms with Crippen LogP contribution in [0.25, 0.3) is 0 Å². The van der Waals surface area contributed by atoms with Gasteiger partial charge in [0, 0.05) is 20.1 Å². The minimum absolute atomic E-state index is 0.0608. The van der Waals surface area contributed by atoms with Crippen LogP contribution in [-0.4, -0.2) is 66.3 Å². The number of hydrogen-bond acceptors (Lipinski definition) is 5.